The van der Waals surface area contributed by atoms with E-state index in [0.717, 1.165) is 11.1 Å². The van der Waals surface area contributed by atoms with Crippen molar-refractivity contribution in [1.29, 1.82) is 0 Å². The van der Waals surface area contributed by atoms with Crippen molar-refractivity contribution < 1.29 is 12.8 Å². The predicted molar refractivity (Wildman–Crippen MR) is 72.5 cm³/mol. The van der Waals surface area contributed by atoms with Crippen molar-refractivity contribution in [2.45, 2.75) is 19.0 Å². The van der Waals surface area contributed by atoms with E-state index in [1.807, 2.05) is 36.2 Å². The minimum Gasteiger partial charge on any atom is -0.439 e. The van der Waals surface area contributed by atoms with Crippen LogP contribution in [0, 0.1) is 0 Å². The van der Waals surface area contributed by atoms with Gasteiger partial charge in [-0.3, -0.25) is 4.90 Å². The molecule has 1 fully saturated rings. The highest BCUT2D eigenvalue weighted by Crippen LogP contribution is 2.20. The first-order chi connectivity index (χ1) is 9.03. The summed E-state index contributed by atoms with van der Waals surface area (Å²) in [5.74, 6) is 1.16. The molecule has 0 spiro atoms. The van der Waals surface area contributed by atoms with Gasteiger partial charge < -0.3 is 4.42 Å². The summed E-state index contributed by atoms with van der Waals surface area (Å²) >= 11 is 0. The minimum atomic E-state index is -2.85. The Labute approximate surface area is 112 Å². The van der Waals surface area contributed by atoms with Gasteiger partial charge in [-0.15, -0.1) is 0 Å². The number of aromatic nitrogens is 1. The van der Waals surface area contributed by atoms with E-state index < -0.39 is 9.84 Å². The zero-order chi connectivity index (χ0) is 13.5. The van der Waals surface area contributed by atoms with Gasteiger partial charge in [-0.2, -0.15) is 0 Å². The average molecular weight is 280 g/mol. The van der Waals surface area contributed by atoms with Crippen LogP contribution in [0.4, 0.5) is 0 Å². The first kappa shape index (κ1) is 12.6. The summed E-state index contributed by atoms with van der Waals surface area (Å²) in [6.07, 6.45) is 0.694. The molecule has 3 rings (SSSR count). The van der Waals surface area contributed by atoms with Crippen LogP contribution in [0.5, 0.6) is 0 Å². The Morgan fingerprint density at radius 1 is 1.42 bits per heavy atom. The Morgan fingerprint density at radius 2 is 2.21 bits per heavy atom. The van der Waals surface area contributed by atoms with Gasteiger partial charge in [-0.25, -0.2) is 13.4 Å². The third-order valence-electron chi connectivity index (χ3n) is 3.55. The Morgan fingerprint density at radius 3 is 2.89 bits per heavy atom. The first-order valence-corrected chi connectivity index (χ1v) is 8.11. The Kier molecular flexibility index (Phi) is 3.06. The third-order valence-corrected chi connectivity index (χ3v) is 5.30. The van der Waals surface area contributed by atoms with Crippen LogP contribution in [0.1, 0.15) is 12.3 Å². The monoisotopic (exact) mass is 280 g/mol. The summed E-state index contributed by atoms with van der Waals surface area (Å²) in [4.78, 5) is 6.41. The van der Waals surface area contributed by atoms with E-state index in [2.05, 4.69) is 4.98 Å². The molecule has 0 saturated carbocycles. The van der Waals surface area contributed by atoms with Gasteiger partial charge in [0, 0.05) is 6.04 Å². The minimum absolute atomic E-state index is 0.0695. The standard InChI is InChI=1S/C13H16N2O3S/c1-15(10-6-7-19(16,17)9-10)8-13-14-11-4-2-3-5-12(11)18-13/h2-5,10H,6-9H2,1H3. The molecular formula is C13H16N2O3S. The number of oxazole rings is 1. The van der Waals surface area contributed by atoms with Crippen LogP contribution < -0.4 is 0 Å². The highest BCUT2D eigenvalue weighted by atomic mass is 32.2. The summed E-state index contributed by atoms with van der Waals surface area (Å²) in [5.41, 5.74) is 1.61. The Hall–Kier alpha value is -1.40. The lowest BCUT2D eigenvalue weighted by molar-refractivity contribution is 0.231. The molecule has 6 heteroatoms. The van der Waals surface area contributed by atoms with Crippen LogP contribution in [0.25, 0.3) is 11.1 Å². The molecule has 1 aromatic carbocycles. The van der Waals surface area contributed by atoms with E-state index >= 15 is 0 Å². The van der Waals surface area contributed by atoms with E-state index in [-0.39, 0.29) is 17.5 Å². The highest BCUT2D eigenvalue weighted by molar-refractivity contribution is 7.91. The predicted octanol–water partition coefficient (Wildman–Crippen LogP) is 1.45. The molecule has 102 valence electrons. The van der Waals surface area contributed by atoms with Crippen LogP contribution in [-0.4, -0.2) is 42.9 Å². The van der Waals surface area contributed by atoms with Crippen LogP contribution in [-0.2, 0) is 16.4 Å². The van der Waals surface area contributed by atoms with Gasteiger partial charge in [0.2, 0.25) is 5.89 Å². The molecule has 1 unspecified atom stereocenters. The molecule has 5 nitrogen and oxygen atoms in total. The van der Waals surface area contributed by atoms with Crippen molar-refractivity contribution in [1.82, 2.24) is 9.88 Å². The van der Waals surface area contributed by atoms with Gasteiger partial charge in [-0.1, -0.05) is 12.1 Å². The molecule has 0 aliphatic carbocycles. The number of nitrogens with zero attached hydrogens (tertiary/aromatic N) is 2. The molecular weight excluding hydrogens is 264 g/mol. The lowest BCUT2D eigenvalue weighted by Crippen LogP contribution is -2.32. The molecule has 0 radical (unpaired) electrons. The smallest absolute Gasteiger partial charge is 0.209 e. The SMILES string of the molecule is CN(Cc1nc2ccccc2o1)C1CCS(=O)(=O)C1. The Balaban J connectivity index is 1.74. The fourth-order valence-electron chi connectivity index (χ4n) is 2.45. The maximum absolute atomic E-state index is 11.5. The third kappa shape index (κ3) is 2.64. The van der Waals surface area contributed by atoms with Gasteiger partial charge in [0.1, 0.15) is 5.52 Å². The molecule has 1 aromatic heterocycles. The molecule has 19 heavy (non-hydrogen) atoms. The molecule has 1 aliphatic rings. The fraction of sp³-hybridized carbons (Fsp3) is 0.462. The van der Waals surface area contributed by atoms with Crippen molar-refractivity contribution >= 4 is 20.9 Å². The number of hydrogen-bond donors (Lipinski definition) is 0. The molecule has 0 amide bonds. The lowest BCUT2D eigenvalue weighted by Gasteiger charge is -2.20. The molecule has 1 atom stereocenters. The molecule has 0 bridgehead atoms. The van der Waals surface area contributed by atoms with E-state index in [0.29, 0.717) is 18.9 Å². The van der Waals surface area contributed by atoms with Crippen molar-refractivity contribution in [2.24, 2.45) is 0 Å². The number of rotatable bonds is 3. The Bertz CT molecular complexity index is 660. The summed E-state index contributed by atoms with van der Waals surface area (Å²) in [7, 11) is -0.933. The van der Waals surface area contributed by atoms with Crippen molar-refractivity contribution in [3.8, 4) is 0 Å². The lowest BCUT2D eigenvalue weighted by atomic mass is 10.2. The normalized spacial score (nSPS) is 22.3. The van der Waals surface area contributed by atoms with Gasteiger partial charge in [0.05, 0.1) is 18.1 Å². The van der Waals surface area contributed by atoms with Crippen LogP contribution >= 0.6 is 0 Å². The molecule has 0 N–H and O–H groups in total. The van der Waals surface area contributed by atoms with Crippen molar-refractivity contribution in [3.05, 3.63) is 30.2 Å². The summed E-state index contributed by atoms with van der Waals surface area (Å²) in [6.45, 7) is 0.537. The van der Waals surface area contributed by atoms with Crippen LogP contribution in [0.3, 0.4) is 0 Å². The number of fused-ring (bicyclic) bond motifs is 1. The van der Waals surface area contributed by atoms with Gasteiger partial charge in [-0.05, 0) is 25.6 Å². The quantitative estimate of drug-likeness (QED) is 0.851. The average Bonchev–Trinajstić information content (AvgIpc) is 2.91. The summed E-state index contributed by atoms with van der Waals surface area (Å²) < 4.78 is 28.6. The van der Waals surface area contributed by atoms with Gasteiger partial charge >= 0.3 is 0 Å². The van der Waals surface area contributed by atoms with E-state index in [4.69, 9.17) is 4.42 Å². The number of sulfone groups is 1. The maximum atomic E-state index is 11.5. The van der Waals surface area contributed by atoms with E-state index in [1.165, 1.54) is 0 Å². The van der Waals surface area contributed by atoms with Crippen LogP contribution in [0.2, 0.25) is 0 Å². The first-order valence-electron chi connectivity index (χ1n) is 6.29. The zero-order valence-corrected chi connectivity index (χ0v) is 11.6. The second-order valence-electron chi connectivity index (χ2n) is 5.05. The van der Waals surface area contributed by atoms with Crippen molar-refractivity contribution in [2.75, 3.05) is 18.6 Å². The number of benzene rings is 1. The number of hydrogen-bond acceptors (Lipinski definition) is 5. The molecule has 1 aliphatic heterocycles. The molecule has 2 heterocycles. The van der Waals surface area contributed by atoms with Crippen LogP contribution in [0.15, 0.2) is 28.7 Å². The highest BCUT2D eigenvalue weighted by Gasteiger charge is 2.31. The van der Waals surface area contributed by atoms with Crippen molar-refractivity contribution in [3.63, 3.8) is 0 Å². The summed E-state index contributed by atoms with van der Waals surface area (Å²) in [6, 6.07) is 7.68. The molecule has 1 saturated heterocycles. The fourth-order valence-corrected chi connectivity index (χ4v) is 4.26. The van der Waals surface area contributed by atoms with E-state index in [9.17, 15) is 8.42 Å². The van der Waals surface area contributed by atoms with Gasteiger partial charge in [0.25, 0.3) is 0 Å². The largest absolute Gasteiger partial charge is 0.439 e. The van der Waals surface area contributed by atoms with E-state index in [1.54, 1.807) is 0 Å². The second-order valence-corrected chi connectivity index (χ2v) is 7.28. The summed E-state index contributed by atoms with van der Waals surface area (Å²) in [5, 5.41) is 0. The molecule has 2 aromatic rings. The topological polar surface area (TPSA) is 63.4 Å². The zero-order valence-electron chi connectivity index (χ0n) is 10.7. The second kappa shape index (κ2) is 4.61. The van der Waals surface area contributed by atoms with Gasteiger partial charge in [0.15, 0.2) is 15.4 Å². The number of para-hydroxylation sites is 2. The maximum Gasteiger partial charge on any atom is 0.209 e.